The molecule has 1 aliphatic rings. The number of hydrogen-bond donors (Lipinski definition) is 1. The van der Waals surface area contributed by atoms with Gasteiger partial charge < -0.3 is 9.84 Å². The van der Waals surface area contributed by atoms with Crippen LogP contribution >= 0.6 is 0 Å². The lowest BCUT2D eigenvalue weighted by Gasteiger charge is -2.37. The molecule has 0 unspecified atom stereocenters. The number of rotatable bonds is 7. The molecule has 0 aromatic heterocycles. The van der Waals surface area contributed by atoms with E-state index in [4.69, 9.17) is 4.74 Å². The Kier molecular flexibility index (Phi) is 8.48. The molecule has 0 spiro atoms. The monoisotopic (exact) mass is 576 g/mol. The van der Waals surface area contributed by atoms with Crippen molar-refractivity contribution < 1.29 is 31.1 Å². The number of aliphatic hydroxyl groups is 1. The van der Waals surface area contributed by atoms with Crippen LogP contribution in [0.2, 0.25) is 0 Å². The number of aryl methyl sites for hydroxylation is 1. The summed E-state index contributed by atoms with van der Waals surface area (Å²) < 4.78 is 76.7. The summed E-state index contributed by atoms with van der Waals surface area (Å²) in [5, 5.41) is 9.84. The van der Waals surface area contributed by atoms with Crippen molar-refractivity contribution in [1.29, 1.82) is 0 Å². The third kappa shape index (κ3) is 6.02. The molecule has 0 saturated carbocycles. The van der Waals surface area contributed by atoms with Crippen molar-refractivity contribution in [3.8, 4) is 16.9 Å². The summed E-state index contributed by atoms with van der Waals surface area (Å²) in [7, 11) is -6.47. The van der Waals surface area contributed by atoms with Gasteiger partial charge in [0.25, 0.3) is 0 Å². The van der Waals surface area contributed by atoms with Gasteiger partial charge in [0.05, 0.1) is 18.0 Å². The van der Waals surface area contributed by atoms with Crippen LogP contribution in [0.1, 0.15) is 19.4 Å². The number of halogens is 1. The number of fused-ring (bicyclic) bond motifs is 1. The Morgan fingerprint density at radius 3 is 2.41 bits per heavy atom. The predicted molar refractivity (Wildman–Crippen MR) is 147 cm³/mol. The first-order valence-corrected chi connectivity index (χ1v) is 15.4. The minimum atomic E-state index is -4.08. The molecule has 0 bridgehead atoms. The lowest BCUT2D eigenvalue weighted by atomic mass is 10.0. The smallest absolute Gasteiger partial charge is 0.247 e. The van der Waals surface area contributed by atoms with Crippen LogP contribution in [-0.2, 0) is 20.0 Å². The highest BCUT2D eigenvalue weighted by Crippen LogP contribution is 2.37. The number of sulfonamides is 2. The van der Waals surface area contributed by atoms with Crippen LogP contribution in [0.15, 0.2) is 76.5 Å². The summed E-state index contributed by atoms with van der Waals surface area (Å²) in [6.07, 6.45) is -0.736. The first-order valence-electron chi connectivity index (χ1n) is 12.6. The second-order valence-corrected chi connectivity index (χ2v) is 13.9. The van der Waals surface area contributed by atoms with Crippen molar-refractivity contribution in [3.63, 3.8) is 0 Å². The first-order chi connectivity index (χ1) is 18.3. The Morgan fingerprint density at radius 1 is 1.10 bits per heavy atom. The fourth-order valence-electron chi connectivity index (χ4n) is 4.53. The zero-order valence-electron chi connectivity index (χ0n) is 22.3. The average Bonchev–Trinajstić information content (AvgIpc) is 2.90. The van der Waals surface area contributed by atoms with E-state index in [2.05, 4.69) is 0 Å². The number of likely N-dealkylation sites (N-methyl/N-ethyl adjacent to an activating group) is 1. The van der Waals surface area contributed by atoms with Gasteiger partial charge in [-0.25, -0.2) is 21.2 Å². The lowest BCUT2D eigenvalue weighted by Crippen LogP contribution is -2.50. The molecule has 39 heavy (non-hydrogen) atoms. The van der Waals surface area contributed by atoms with Gasteiger partial charge in [0.15, 0.2) is 0 Å². The molecule has 210 valence electrons. The SMILES string of the molecule is Cc1ccc(S(=O)(=O)N(C)C[C@H]2Oc3cc(-c4cccc(F)c4)ccc3S(=O)(=O)N([C@H](C)CO)C[C@H]2C)cc1. The van der Waals surface area contributed by atoms with E-state index in [-0.39, 0.29) is 28.6 Å². The van der Waals surface area contributed by atoms with Crippen LogP contribution in [0.3, 0.4) is 0 Å². The Labute approximate surface area is 229 Å². The number of benzene rings is 3. The highest BCUT2D eigenvalue weighted by Gasteiger charge is 2.39. The number of ether oxygens (including phenoxy) is 1. The molecule has 8 nitrogen and oxygen atoms in total. The minimum Gasteiger partial charge on any atom is -0.487 e. The minimum absolute atomic E-state index is 0.0121. The van der Waals surface area contributed by atoms with Crippen LogP contribution < -0.4 is 4.74 Å². The van der Waals surface area contributed by atoms with E-state index in [9.17, 15) is 26.3 Å². The molecule has 1 aliphatic heterocycles. The number of aliphatic hydroxyl groups excluding tert-OH is 1. The van der Waals surface area contributed by atoms with Crippen LogP contribution in [0, 0.1) is 18.7 Å². The maximum absolute atomic E-state index is 13.9. The molecular formula is C28H33FN2O6S2. The summed E-state index contributed by atoms with van der Waals surface area (Å²) in [5.74, 6) is -0.856. The molecule has 3 aromatic rings. The van der Waals surface area contributed by atoms with Gasteiger partial charge in [0.1, 0.15) is 22.6 Å². The number of nitrogens with zero attached hydrogens (tertiary/aromatic N) is 2. The molecule has 1 N–H and O–H groups in total. The molecule has 3 aromatic carbocycles. The Morgan fingerprint density at radius 2 is 1.77 bits per heavy atom. The second kappa shape index (κ2) is 11.3. The molecule has 0 fully saturated rings. The van der Waals surface area contributed by atoms with E-state index in [0.29, 0.717) is 11.1 Å². The normalized spacial score (nSPS) is 20.5. The van der Waals surface area contributed by atoms with Crippen LogP contribution in [0.4, 0.5) is 4.39 Å². The van der Waals surface area contributed by atoms with Gasteiger partial charge in [0.2, 0.25) is 20.0 Å². The van der Waals surface area contributed by atoms with Gasteiger partial charge in [-0.15, -0.1) is 0 Å². The van der Waals surface area contributed by atoms with Gasteiger partial charge in [-0.3, -0.25) is 0 Å². The maximum Gasteiger partial charge on any atom is 0.247 e. The summed E-state index contributed by atoms with van der Waals surface area (Å²) >= 11 is 0. The standard InChI is InChI=1S/C28H33FN2O6S2/c1-19-8-11-25(12-9-19)38(33,34)30(4)17-27-20(2)16-31(21(3)18-32)39(35,36)28-13-10-23(15-26(28)37-27)22-6-5-7-24(29)14-22/h5-15,20-21,27,32H,16-18H2,1-4H3/t20-,21-,27-/m1/s1. The van der Waals surface area contributed by atoms with E-state index in [1.165, 1.54) is 39.9 Å². The van der Waals surface area contributed by atoms with Crippen LogP contribution in [-0.4, -0.2) is 69.4 Å². The molecule has 4 rings (SSSR count). The molecule has 3 atom stereocenters. The molecule has 0 radical (unpaired) electrons. The quantitative estimate of drug-likeness (QED) is 0.458. The average molecular weight is 577 g/mol. The number of hydrogen-bond acceptors (Lipinski definition) is 6. The largest absolute Gasteiger partial charge is 0.487 e. The first kappa shape index (κ1) is 29.2. The summed E-state index contributed by atoms with van der Waals surface area (Å²) in [5.41, 5.74) is 2.00. The predicted octanol–water partition coefficient (Wildman–Crippen LogP) is 3.89. The highest BCUT2D eigenvalue weighted by atomic mass is 32.2. The van der Waals surface area contributed by atoms with E-state index < -0.39 is 50.5 Å². The Balaban J connectivity index is 1.77. The van der Waals surface area contributed by atoms with E-state index >= 15 is 0 Å². The van der Waals surface area contributed by atoms with Crippen molar-refractivity contribution >= 4 is 20.0 Å². The molecular weight excluding hydrogens is 543 g/mol. The lowest BCUT2D eigenvalue weighted by molar-refractivity contribution is 0.0905. The molecule has 0 aliphatic carbocycles. The van der Waals surface area contributed by atoms with Crippen molar-refractivity contribution in [1.82, 2.24) is 8.61 Å². The van der Waals surface area contributed by atoms with Crippen LogP contribution in [0.5, 0.6) is 5.75 Å². The molecule has 0 saturated heterocycles. The van der Waals surface area contributed by atoms with Gasteiger partial charge in [-0.1, -0.05) is 42.8 Å². The topological polar surface area (TPSA) is 104 Å². The molecule has 1 heterocycles. The Hall–Kier alpha value is -2.83. The van der Waals surface area contributed by atoms with Crippen molar-refractivity contribution in [2.75, 3.05) is 26.7 Å². The fraction of sp³-hybridized carbons (Fsp3) is 0.357. The third-order valence-electron chi connectivity index (χ3n) is 6.99. The van der Waals surface area contributed by atoms with E-state index in [1.807, 2.05) is 6.92 Å². The Bertz CT molecular complexity index is 1540. The fourth-order valence-corrected chi connectivity index (χ4v) is 7.54. The van der Waals surface area contributed by atoms with Gasteiger partial charge in [-0.2, -0.15) is 8.61 Å². The van der Waals surface area contributed by atoms with E-state index in [0.717, 1.165) is 5.56 Å². The van der Waals surface area contributed by atoms with Crippen molar-refractivity contribution in [2.45, 2.75) is 42.7 Å². The zero-order valence-corrected chi connectivity index (χ0v) is 23.9. The van der Waals surface area contributed by atoms with E-state index in [1.54, 1.807) is 56.3 Å². The molecule has 0 amide bonds. The summed E-state index contributed by atoms with van der Waals surface area (Å²) in [6, 6.07) is 16.2. The van der Waals surface area contributed by atoms with Gasteiger partial charge in [-0.05, 0) is 61.4 Å². The summed E-state index contributed by atoms with van der Waals surface area (Å²) in [4.78, 5) is 0.0323. The van der Waals surface area contributed by atoms with Crippen LogP contribution in [0.25, 0.3) is 11.1 Å². The summed E-state index contributed by atoms with van der Waals surface area (Å²) in [6.45, 7) is 4.82. The zero-order chi connectivity index (χ0) is 28.5. The van der Waals surface area contributed by atoms with Crippen molar-refractivity contribution in [2.24, 2.45) is 5.92 Å². The highest BCUT2D eigenvalue weighted by molar-refractivity contribution is 7.89. The second-order valence-electron chi connectivity index (χ2n) is 10.0. The third-order valence-corrected chi connectivity index (χ3v) is 10.8. The van der Waals surface area contributed by atoms with Gasteiger partial charge >= 0.3 is 0 Å². The maximum atomic E-state index is 13.9. The molecule has 11 heteroatoms. The van der Waals surface area contributed by atoms with Crippen molar-refractivity contribution in [3.05, 3.63) is 78.1 Å². The van der Waals surface area contributed by atoms with Gasteiger partial charge in [0, 0.05) is 25.6 Å².